The Morgan fingerprint density at radius 2 is 1.72 bits per heavy atom. The van der Waals surface area contributed by atoms with E-state index in [-0.39, 0.29) is 24.2 Å². The molecule has 132 valence electrons. The number of rotatable bonds is 7. The summed E-state index contributed by atoms with van der Waals surface area (Å²) in [5, 5.41) is 2.64. The molecule has 0 aromatic heterocycles. The zero-order valence-corrected chi connectivity index (χ0v) is 14.5. The fourth-order valence-corrected chi connectivity index (χ4v) is 2.71. The van der Waals surface area contributed by atoms with E-state index in [4.69, 9.17) is 0 Å². The van der Waals surface area contributed by atoms with Crippen LogP contribution >= 0.6 is 0 Å². The Hall–Kier alpha value is -2.69. The monoisotopic (exact) mass is 342 g/mol. The van der Waals surface area contributed by atoms with Crippen molar-refractivity contribution in [3.63, 3.8) is 0 Å². The molecule has 2 aromatic rings. The van der Waals surface area contributed by atoms with Crippen LogP contribution in [0.25, 0.3) is 0 Å². The molecule has 0 aliphatic rings. The van der Waals surface area contributed by atoms with Gasteiger partial charge in [0.1, 0.15) is 11.9 Å². The van der Waals surface area contributed by atoms with E-state index in [1.807, 2.05) is 37.3 Å². The number of carbonyl (C=O) groups is 2. The number of hydrogen-bond acceptors (Lipinski definition) is 2. The van der Waals surface area contributed by atoms with E-state index in [0.29, 0.717) is 12.8 Å². The number of amides is 2. The molecule has 0 saturated carbocycles. The summed E-state index contributed by atoms with van der Waals surface area (Å²) in [6.07, 6.45) is 1.04. The van der Waals surface area contributed by atoms with Crippen LogP contribution in [0.3, 0.4) is 0 Å². The first kappa shape index (κ1) is 18.6. The van der Waals surface area contributed by atoms with E-state index in [9.17, 15) is 14.0 Å². The number of carbonyl (C=O) groups excluding carboxylic acids is 2. The van der Waals surface area contributed by atoms with Gasteiger partial charge in [0.25, 0.3) is 0 Å². The lowest BCUT2D eigenvalue weighted by Gasteiger charge is -2.31. The highest BCUT2D eigenvalue weighted by molar-refractivity contribution is 5.88. The highest BCUT2D eigenvalue weighted by Crippen LogP contribution is 2.24. The second-order valence-electron chi connectivity index (χ2n) is 5.83. The second kappa shape index (κ2) is 8.97. The molecule has 1 atom stereocenters. The lowest BCUT2D eigenvalue weighted by molar-refractivity contribution is -0.141. The molecular weight excluding hydrogens is 319 g/mol. The van der Waals surface area contributed by atoms with Crippen molar-refractivity contribution in [1.29, 1.82) is 0 Å². The summed E-state index contributed by atoms with van der Waals surface area (Å²) in [7, 11) is 1.55. The highest BCUT2D eigenvalue weighted by Gasteiger charge is 2.30. The van der Waals surface area contributed by atoms with Gasteiger partial charge in [-0.1, -0.05) is 49.4 Å². The average Bonchev–Trinajstić information content (AvgIpc) is 2.63. The minimum atomic E-state index is -0.727. The standard InChI is InChI=1S/C20H23FN2O2/c1-3-7-18(24)23(14-15-10-12-17(21)13-11-15)19(20(25)22-2)16-8-5-4-6-9-16/h4-6,8-13,19H,3,7,14H2,1-2H3,(H,22,25)/t19-/m0/s1. The molecule has 2 amide bonds. The minimum absolute atomic E-state index is 0.107. The molecule has 5 heteroatoms. The molecule has 0 unspecified atom stereocenters. The molecule has 1 N–H and O–H groups in total. The number of nitrogens with one attached hydrogen (secondary N) is 1. The van der Waals surface area contributed by atoms with Crippen LogP contribution in [0.5, 0.6) is 0 Å². The molecular formula is C20H23FN2O2. The summed E-state index contributed by atoms with van der Waals surface area (Å²) >= 11 is 0. The van der Waals surface area contributed by atoms with Gasteiger partial charge in [0.05, 0.1) is 0 Å². The van der Waals surface area contributed by atoms with E-state index >= 15 is 0 Å². The van der Waals surface area contributed by atoms with Gasteiger partial charge in [-0.25, -0.2) is 4.39 Å². The highest BCUT2D eigenvalue weighted by atomic mass is 19.1. The van der Waals surface area contributed by atoms with Gasteiger partial charge >= 0.3 is 0 Å². The van der Waals surface area contributed by atoms with Gasteiger partial charge in [0, 0.05) is 20.0 Å². The normalized spacial score (nSPS) is 11.6. The predicted octanol–water partition coefficient (Wildman–Crippen LogP) is 3.44. The Morgan fingerprint density at radius 1 is 1.08 bits per heavy atom. The van der Waals surface area contributed by atoms with E-state index < -0.39 is 6.04 Å². The molecule has 2 rings (SSSR count). The van der Waals surface area contributed by atoms with Crippen LogP contribution in [-0.4, -0.2) is 23.8 Å². The van der Waals surface area contributed by atoms with Crippen LogP contribution in [0, 0.1) is 5.82 Å². The fraction of sp³-hybridized carbons (Fsp3) is 0.300. The first-order valence-corrected chi connectivity index (χ1v) is 8.37. The Kier molecular flexibility index (Phi) is 6.69. The summed E-state index contributed by atoms with van der Waals surface area (Å²) < 4.78 is 13.2. The number of halogens is 1. The van der Waals surface area contributed by atoms with Gasteiger partial charge in [-0.15, -0.1) is 0 Å². The maximum absolute atomic E-state index is 13.2. The molecule has 2 aromatic carbocycles. The molecule has 0 aliphatic heterocycles. The average molecular weight is 342 g/mol. The summed E-state index contributed by atoms with van der Waals surface area (Å²) in [5.74, 6) is -0.692. The van der Waals surface area contributed by atoms with Crippen molar-refractivity contribution in [1.82, 2.24) is 10.2 Å². The van der Waals surface area contributed by atoms with Gasteiger partial charge in [0.2, 0.25) is 11.8 Å². The molecule has 0 fully saturated rings. The molecule has 0 bridgehead atoms. The van der Waals surface area contributed by atoms with Crippen molar-refractivity contribution in [3.8, 4) is 0 Å². The fourth-order valence-electron chi connectivity index (χ4n) is 2.71. The zero-order chi connectivity index (χ0) is 18.2. The van der Waals surface area contributed by atoms with Crippen molar-refractivity contribution in [2.24, 2.45) is 0 Å². The van der Waals surface area contributed by atoms with Crippen LogP contribution in [0.2, 0.25) is 0 Å². The number of nitrogens with zero attached hydrogens (tertiary/aromatic N) is 1. The lowest BCUT2D eigenvalue weighted by atomic mass is 10.0. The van der Waals surface area contributed by atoms with E-state index in [0.717, 1.165) is 11.1 Å². The largest absolute Gasteiger partial charge is 0.357 e. The summed E-state index contributed by atoms with van der Waals surface area (Å²) in [4.78, 5) is 26.8. The first-order valence-electron chi connectivity index (χ1n) is 8.37. The van der Waals surface area contributed by atoms with Crippen LogP contribution in [0.1, 0.15) is 36.9 Å². The second-order valence-corrected chi connectivity index (χ2v) is 5.83. The maximum atomic E-state index is 13.2. The van der Waals surface area contributed by atoms with Crippen molar-refractivity contribution in [2.45, 2.75) is 32.4 Å². The molecule has 25 heavy (non-hydrogen) atoms. The number of likely N-dealkylation sites (N-methyl/N-ethyl adjacent to an activating group) is 1. The van der Waals surface area contributed by atoms with Crippen molar-refractivity contribution < 1.29 is 14.0 Å². The van der Waals surface area contributed by atoms with E-state index in [1.54, 1.807) is 24.1 Å². The first-order chi connectivity index (χ1) is 12.1. The Morgan fingerprint density at radius 3 is 2.28 bits per heavy atom. The molecule has 0 aliphatic carbocycles. The van der Waals surface area contributed by atoms with Gasteiger partial charge in [-0.3, -0.25) is 9.59 Å². The van der Waals surface area contributed by atoms with Crippen LogP contribution in [0.4, 0.5) is 4.39 Å². The summed E-state index contributed by atoms with van der Waals surface area (Å²) in [6.45, 7) is 2.16. The Balaban J connectivity index is 2.40. The molecule has 4 nitrogen and oxygen atoms in total. The summed E-state index contributed by atoms with van der Waals surface area (Å²) in [5.41, 5.74) is 1.52. The van der Waals surface area contributed by atoms with E-state index in [1.165, 1.54) is 12.1 Å². The van der Waals surface area contributed by atoms with Gasteiger partial charge in [-0.2, -0.15) is 0 Å². The maximum Gasteiger partial charge on any atom is 0.247 e. The molecule has 0 heterocycles. The third kappa shape index (κ3) is 4.89. The number of hydrogen-bond donors (Lipinski definition) is 1. The van der Waals surface area contributed by atoms with Gasteiger partial charge < -0.3 is 10.2 Å². The predicted molar refractivity (Wildman–Crippen MR) is 95.1 cm³/mol. The third-order valence-corrected chi connectivity index (χ3v) is 3.97. The Labute approximate surface area is 147 Å². The van der Waals surface area contributed by atoms with Crippen LogP contribution in [-0.2, 0) is 16.1 Å². The zero-order valence-electron chi connectivity index (χ0n) is 14.5. The van der Waals surface area contributed by atoms with Crippen LogP contribution < -0.4 is 5.32 Å². The third-order valence-electron chi connectivity index (χ3n) is 3.97. The topological polar surface area (TPSA) is 49.4 Å². The molecule has 0 saturated heterocycles. The van der Waals surface area contributed by atoms with Crippen molar-refractivity contribution >= 4 is 11.8 Å². The van der Waals surface area contributed by atoms with Crippen LogP contribution in [0.15, 0.2) is 54.6 Å². The van der Waals surface area contributed by atoms with Gasteiger partial charge in [-0.05, 0) is 29.7 Å². The lowest BCUT2D eigenvalue weighted by Crippen LogP contribution is -2.42. The SMILES string of the molecule is CCCC(=O)N(Cc1ccc(F)cc1)[C@H](C(=O)NC)c1ccccc1. The van der Waals surface area contributed by atoms with Crippen molar-refractivity contribution in [3.05, 3.63) is 71.5 Å². The number of benzene rings is 2. The van der Waals surface area contributed by atoms with Crippen molar-refractivity contribution in [2.75, 3.05) is 7.05 Å². The minimum Gasteiger partial charge on any atom is -0.357 e. The smallest absolute Gasteiger partial charge is 0.247 e. The summed E-state index contributed by atoms with van der Waals surface area (Å²) in [6, 6.07) is 14.5. The molecule has 0 spiro atoms. The molecule has 0 radical (unpaired) electrons. The Bertz CT molecular complexity index is 701. The van der Waals surface area contributed by atoms with E-state index in [2.05, 4.69) is 5.32 Å². The van der Waals surface area contributed by atoms with Gasteiger partial charge in [0.15, 0.2) is 0 Å². The quantitative estimate of drug-likeness (QED) is 0.838.